The summed E-state index contributed by atoms with van der Waals surface area (Å²) in [5, 5.41) is 16.1. The SMILES string of the molecule is CC1(C)C[C@@H]1C(=O)Nc1cc2cc(C3CCN([C@@]4(C)COC[C@H]4O)CC3)c(Cl)cc2cn1. The van der Waals surface area contributed by atoms with Crippen molar-refractivity contribution in [3.63, 3.8) is 0 Å². The number of aromatic nitrogens is 1. The number of amides is 1. The number of carbonyl (C=O) groups is 1. The van der Waals surface area contributed by atoms with Crippen LogP contribution in [0.5, 0.6) is 0 Å². The third-order valence-corrected chi connectivity index (χ3v) is 8.29. The summed E-state index contributed by atoms with van der Waals surface area (Å²) in [5.74, 6) is 1.08. The third kappa shape index (κ3) is 3.92. The predicted octanol–water partition coefficient (Wildman–Crippen LogP) is 4.20. The Morgan fingerprint density at radius 3 is 2.56 bits per heavy atom. The van der Waals surface area contributed by atoms with E-state index < -0.39 is 6.10 Å². The lowest BCUT2D eigenvalue weighted by molar-refractivity contribution is -0.118. The summed E-state index contributed by atoms with van der Waals surface area (Å²) in [6.45, 7) is 9.14. The average molecular weight is 458 g/mol. The van der Waals surface area contributed by atoms with Crippen molar-refractivity contribution in [3.05, 3.63) is 35.0 Å². The van der Waals surface area contributed by atoms with Gasteiger partial charge < -0.3 is 15.2 Å². The Bertz CT molecular complexity index is 1050. The van der Waals surface area contributed by atoms with Gasteiger partial charge in [-0.1, -0.05) is 25.4 Å². The Labute approximate surface area is 194 Å². The number of nitrogens with zero attached hydrogens (tertiary/aromatic N) is 2. The fourth-order valence-corrected chi connectivity index (χ4v) is 5.68. The summed E-state index contributed by atoms with van der Waals surface area (Å²) < 4.78 is 5.52. The minimum absolute atomic E-state index is 0.0509. The molecule has 172 valence electrons. The molecule has 3 fully saturated rings. The molecule has 1 aromatic heterocycles. The van der Waals surface area contributed by atoms with Crippen LogP contribution in [0, 0.1) is 11.3 Å². The number of benzene rings is 1. The van der Waals surface area contributed by atoms with Crippen LogP contribution in [0.1, 0.15) is 51.5 Å². The van der Waals surface area contributed by atoms with Crippen LogP contribution in [-0.2, 0) is 9.53 Å². The van der Waals surface area contributed by atoms with E-state index in [1.165, 1.54) is 0 Å². The number of likely N-dealkylation sites (tertiary alicyclic amines) is 1. The highest BCUT2D eigenvalue weighted by Crippen LogP contribution is 2.52. The lowest BCUT2D eigenvalue weighted by Gasteiger charge is -2.43. The standard InChI is InChI=1S/C25H32ClN3O3/c1-24(2)11-19(24)23(31)28-22-10-16-8-18(20(26)9-17(16)12-27-22)15-4-6-29(7-5-15)25(3)14-32-13-21(25)30/h8-10,12,15,19,21,30H,4-7,11,13-14H2,1-3H3,(H,27,28,31)/t19-,21-,25+/m1/s1. The number of hydrogen-bond acceptors (Lipinski definition) is 5. The van der Waals surface area contributed by atoms with Crippen LogP contribution in [0.3, 0.4) is 0 Å². The van der Waals surface area contributed by atoms with Gasteiger partial charge in [-0.2, -0.15) is 0 Å². The van der Waals surface area contributed by atoms with Crippen molar-refractivity contribution in [1.82, 2.24) is 9.88 Å². The zero-order valence-electron chi connectivity index (χ0n) is 19.0. The van der Waals surface area contributed by atoms with E-state index in [4.69, 9.17) is 16.3 Å². The molecule has 0 spiro atoms. The Hall–Kier alpha value is -1.73. The highest BCUT2D eigenvalue weighted by Gasteiger charge is 2.50. The van der Waals surface area contributed by atoms with Crippen LogP contribution in [0.4, 0.5) is 5.82 Å². The van der Waals surface area contributed by atoms with Gasteiger partial charge in [0, 0.05) is 22.5 Å². The molecule has 3 atom stereocenters. The van der Waals surface area contributed by atoms with Crippen molar-refractivity contribution in [2.75, 3.05) is 31.6 Å². The van der Waals surface area contributed by atoms with Crippen LogP contribution in [0.2, 0.25) is 5.02 Å². The summed E-state index contributed by atoms with van der Waals surface area (Å²) in [5.41, 5.74) is 0.945. The van der Waals surface area contributed by atoms with Gasteiger partial charge in [-0.3, -0.25) is 9.69 Å². The quantitative estimate of drug-likeness (QED) is 0.719. The van der Waals surface area contributed by atoms with Crippen LogP contribution in [0.15, 0.2) is 24.4 Å². The molecule has 3 heterocycles. The predicted molar refractivity (Wildman–Crippen MR) is 126 cm³/mol. The first-order valence-corrected chi connectivity index (χ1v) is 12.0. The van der Waals surface area contributed by atoms with Crippen molar-refractivity contribution in [3.8, 4) is 0 Å². The molecule has 2 N–H and O–H groups in total. The number of ether oxygens (including phenoxy) is 1. The maximum atomic E-state index is 12.5. The number of anilines is 1. The molecule has 1 aliphatic carbocycles. The molecule has 7 heteroatoms. The second-order valence-electron chi connectivity index (χ2n) is 10.7. The number of aliphatic hydroxyl groups excluding tert-OH is 1. The van der Waals surface area contributed by atoms with E-state index in [9.17, 15) is 9.90 Å². The van der Waals surface area contributed by atoms with Crippen molar-refractivity contribution in [2.24, 2.45) is 11.3 Å². The molecule has 6 nitrogen and oxygen atoms in total. The first kappa shape index (κ1) is 22.1. The maximum Gasteiger partial charge on any atom is 0.229 e. The Morgan fingerprint density at radius 1 is 1.22 bits per heavy atom. The molecule has 1 aromatic carbocycles. The zero-order chi connectivity index (χ0) is 22.7. The second kappa shape index (κ2) is 7.94. The molecule has 2 aliphatic heterocycles. The number of carbonyl (C=O) groups excluding carboxylic acids is 1. The fraction of sp³-hybridized carbons (Fsp3) is 0.600. The molecular formula is C25H32ClN3O3. The maximum absolute atomic E-state index is 12.5. The van der Waals surface area contributed by atoms with Crippen molar-refractivity contribution in [2.45, 2.75) is 57.6 Å². The largest absolute Gasteiger partial charge is 0.389 e. The molecule has 5 rings (SSSR count). The first-order chi connectivity index (χ1) is 15.2. The van der Waals surface area contributed by atoms with Crippen molar-refractivity contribution < 1.29 is 14.6 Å². The van der Waals surface area contributed by atoms with Crippen LogP contribution < -0.4 is 5.32 Å². The lowest BCUT2D eigenvalue weighted by atomic mass is 9.85. The monoisotopic (exact) mass is 457 g/mol. The number of rotatable bonds is 4. The topological polar surface area (TPSA) is 74.7 Å². The molecule has 2 aromatic rings. The van der Waals surface area contributed by atoms with Gasteiger partial charge in [0.25, 0.3) is 0 Å². The van der Waals surface area contributed by atoms with Gasteiger partial charge in [0.05, 0.1) is 24.9 Å². The van der Waals surface area contributed by atoms with E-state index in [1.54, 1.807) is 6.20 Å². The van der Waals surface area contributed by atoms with Crippen molar-refractivity contribution >= 4 is 34.1 Å². The molecule has 1 saturated carbocycles. The van der Waals surface area contributed by atoms with Gasteiger partial charge in [-0.05, 0) is 79.8 Å². The summed E-state index contributed by atoms with van der Waals surface area (Å²) in [4.78, 5) is 19.3. The molecule has 0 radical (unpaired) electrons. The van der Waals surface area contributed by atoms with Gasteiger partial charge in [0.15, 0.2) is 0 Å². The molecule has 0 bridgehead atoms. The number of hydrogen-bond donors (Lipinski definition) is 2. The van der Waals surface area contributed by atoms with Gasteiger partial charge in [-0.25, -0.2) is 4.98 Å². The normalized spacial score (nSPS) is 30.5. The van der Waals surface area contributed by atoms with Gasteiger partial charge in [0.2, 0.25) is 5.91 Å². The minimum Gasteiger partial charge on any atom is -0.389 e. The van der Waals surface area contributed by atoms with E-state index in [0.29, 0.717) is 24.9 Å². The highest BCUT2D eigenvalue weighted by atomic mass is 35.5. The number of fused-ring (bicyclic) bond motifs is 1. The highest BCUT2D eigenvalue weighted by molar-refractivity contribution is 6.32. The Kier molecular flexibility index (Phi) is 5.48. The smallest absolute Gasteiger partial charge is 0.229 e. The molecule has 2 saturated heterocycles. The number of pyridine rings is 1. The van der Waals surface area contributed by atoms with E-state index in [0.717, 1.165) is 53.7 Å². The van der Waals surface area contributed by atoms with E-state index in [1.807, 2.05) is 12.1 Å². The zero-order valence-corrected chi connectivity index (χ0v) is 19.8. The summed E-state index contributed by atoms with van der Waals surface area (Å²) in [6, 6.07) is 6.09. The average Bonchev–Trinajstić information content (AvgIpc) is 3.28. The number of nitrogens with one attached hydrogen (secondary N) is 1. The van der Waals surface area contributed by atoms with E-state index in [2.05, 4.69) is 42.0 Å². The molecule has 1 amide bonds. The fourth-order valence-electron chi connectivity index (χ4n) is 5.35. The molecule has 32 heavy (non-hydrogen) atoms. The van der Waals surface area contributed by atoms with E-state index in [-0.39, 0.29) is 22.8 Å². The van der Waals surface area contributed by atoms with Crippen LogP contribution in [-0.4, -0.2) is 58.8 Å². The Balaban J connectivity index is 1.32. The van der Waals surface area contributed by atoms with E-state index >= 15 is 0 Å². The van der Waals surface area contributed by atoms with Gasteiger partial charge >= 0.3 is 0 Å². The molecule has 3 aliphatic rings. The van der Waals surface area contributed by atoms with Crippen molar-refractivity contribution in [1.29, 1.82) is 0 Å². The number of aliphatic hydroxyl groups is 1. The van der Waals surface area contributed by atoms with Crippen LogP contribution in [0.25, 0.3) is 10.8 Å². The molecular weight excluding hydrogens is 426 g/mol. The number of halogens is 1. The number of piperidine rings is 1. The molecule has 0 unspecified atom stereocenters. The Morgan fingerprint density at radius 2 is 1.94 bits per heavy atom. The minimum atomic E-state index is -0.439. The summed E-state index contributed by atoms with van der Waals surface area (Å²) in [7, 11) is 0. The summed E-state index contributed by atoms with van der Waals surface area (Å²) in [6.07, 6.45) is 4.24. The third-order valence-electron chi connectivity index (χ3n) is 7.96. The van der Waals surface area contributed by atoms with Crippen LogP contribution >= 0.6 is 11.6 Å². The first-order valence-electron chi connectivity index (χ1n) is 11.6. The second-order valence-corrected chi connectivity index (χ2v) is 11.1. The summed E-state index contributed by atoms with van der Waals surface area (Å²) >= 11 is 6.68. The lowest BCUT2D eigenvalue weighted by Crippen LogP contribution is -2.56. The van der Waals surface area contributed by atoms with Gasteiger partial charge in [-0.15, -0.1) is 0 Å². The van der Waals surface area contributed by atoms with Gasteiger partial charge in [0.1, 0.15) is 5.82 Å².